The highest BCUT2D eigenvalue weighted by atomic mass is 32.2. The predicted molar refractivity (Wildman–Crippen MR) is 86.1 cm³/mol. The van der Waals surface area contributed by atoms with E-state index in [9.17, 15) is 0 Å². The van der Waals surface area contributed by atoms with Gasteiger partial charge in [-0.3, -0.25) is 0 Å². The number of anilines is 2. The van der Waals surface area contributed by atoms with Gasteiger partial charge in [0.15, 0.2) is 0 Å². The Morgan fingerprint density at radius 3 is 2.74 bits per heavy atom. The fraction of sp³-hybridized carbons (Fsp3) is 0.615. The van der Waals surface area contributed by atoms with E-state index in [1.807, 2.05) is 6.26 Å². The molecular formula is C13H22N4S2. The van der Waals surface area contributed by atoms with E-state index in [2.05, 4.69) is 37.2 Å². The molecule has 0 unspecified atom stereocenters. The van der Waals surface area contributed by atoms with Gasteiger partial charge in [-0.05, 0) is 40.1 Å². The van der Waals surface area contributed by atoms with Crippen molar-refractivity contribution in [2.24, 2.45) is 0 Å². The molecule has 0 saturated carbocycles. The number of rotatable bonds is 7. The average Bonchev–Trinajstić information content (AvgIpc) is 2.69. The van der Waals surface area contributed by atoms with Crippen molar-refractivity contribution < 1.29 is 0 Å². The number of nitrogens with zero attached hydrogens (tertiary/aromatic N) is 2. The second-order valence-corrected chi connectivity index (χ2v) is 6.51. The number of hydrogen-bond acceptors (Lipinski definition) is 6. The molecule has 0 amide bonds. The van der Waals surface area contributed by atoms with Gasteiger partial charge in [0, 0.05) is 12.6 Å². The van der Waals surface area contributed by atoms with Gasteiger partial charge in [-0.25, -0.2) is 0 Å². The van der Waals surface area contributed by atoms with Gasteiger partial charge in [0.25, 0.3) is 0 Å². The fourth-order valence-electron chi connectivity index (χ4n) is 1.62. The molecule has 0 aliphatic heterocycles. The standard InChI is InChI=1S/C13H22N4S2/c1-9(2)17(3)7-5-6-16-13-12(18-4)11(15)10(8-14)19-13/h9,16H,5-7,15H2,1-4H3. The number of nitriles is 1. The molecule has 6 heteroatoms. The second kappa shape index (κ2) is 7.63. The lowest BCUT2D eigenvalue weighted by molar-refractivity contribution is 0.273. The Kier molecular flexibility index (Phi) is 6.49. The van der Waals surface area contributed by atoms with E-state index in [4.69, 9.17) is 11.0 Å². The number of hydrogen-bond donors (Lipinski definition) is 2. The van der Waals surface area contributed by atoms with Gasteiger partial charge in [-0.2, -0.15) is 5.26 Å². The Bertz CT molecular complexity index is 448. The second-order valence-electron chi connectivity index (χ2n) is 4.67. The lowest BCUT2D eigenvalue weighted by Crippen LogP contribution is -2.28. The summed E-state index contributed by atoms with van der Waals surface area (Å²) >= 11 is 3.03. The normalized spacial score (nSPS) is 11.0. The minimum Gasteiger partial charge on any atom is -0.396 e. The average molecular weight is 298 g/mol. The monoisotopic (exact) mass is 298 g/mol. The molecule has 0 aromatic carbocycles. The highest BCUT2D eigenvalue weighted by Gasteiger charge is 2.14. The summed E-state index contributed by atoms with van der Waals surface area (Å²) in [5.41, 5.74) is 6.55. The fourth-order valence-corrected chi connectivity index (χ4v) is 3.48. The molecule has 4 nitrogen and oxygen atoms in total. The van der Waals surface area contributed by atoms with E-state index >= 15 is 0 Å². The number of nitrogens with two attached hydrogens (primary N) is 1. The first-order valence-electron chi connectivity index (χ1n) is 6.31. The van der Waals surface area contributed by atoms with Gasteiger partial charge < -0.3 is 16.0 Å². The highest BCUT2D eigenvalue weighted by molar-refractivity contribution is 7.99. The lowest BCUT2D eigenvalue weighted by atomic mass is 10.3. The van der Waals surface area contributed by atoms with Crippen LogP contribution in [-0.2, 0) is 0 Å². The van der Waals surface area contributed by atoms with E-state index < -0.39 is 0 Å². The Balaban J connectivity index is 2.52. The summed E-state index contributed by atoms with van der Waals surface area (Å²) in [6.45, 7) is 6.34. The lowest BCUT2D eigenvalue weighted by Gasteiger charge is -2.20. The summed E-state index contributed by atoms with van der Waals surface area (Å²) in [4.78, 5) is 3.92. The zero-order valence-electron chi connectivity index (χ0n) is 12.0. The van der Waals surface area contributed by atoms with Gasteiger partial charge in [0.2, 0.25) is 0 Å². The molecule has 0 bridgehead atoms. The van der Waals surface area contributed by atoms with Crippen LogP contribution in [0.5, 0.6) is 0 Å². The molecule has 3 N–H and O–H groups in total. The smallest absolute Gasteiger partial charge is 0.131 e. The van der Waals surface area contributed by atoms with Gasteiger partial charge in [0.1, 0.15) is 15.9 Å². The van der Waals surface area contributed by atoms with Crippen molar-refractivity contribution in [1.82, 2.24) is 4.90 Å². The Labute approximate surface area is 124 Å². The van der Waals surface area contributed by atoms with Crippen LogP contribution in [0.1, 0.15) is 25.1 Å². The van der Waals surface area contributed by atoms with Crippen LogP contribution in [0.3, 0.4) is 0 Å². The third-order valence-electron chi connectivity index (χ3n) is 3.06. The van der Waals surface area contributed by atoms with Crippen LogP contribution < -0.4 is 11.1 Å². The summed E-state index contributed by atoms with van der Waals surface area (Å²) in [6.07, 6.45) is 3.06. The molecule has 0 fully saturated rings. The maximum Gasteiger partial charge on any atom is 0.131 e. The molecule has 0 saturated heterocycles. The van der Waals surface area contributed by atoms with Crippen molar-refractivity contribution in [1.29, 1.82) is 5.26 Å². The Morgan fingerprint density at radius 2 is 2.21 bits per heavy atom. The molecule has 0 aliphatic carbocycles. The molecule has 1 rings (SSSR count). The van der Waals surface area contributed by atoms with Crippen molar-refractivity contribution in [3.05, 3.63) is 4.88 Å². The molecule has 19 heavy (non-hydrogen) atoms. The van der Waals surface area contributed by atoms with Gasteiger partial charge in [-0.15, -0.1) is 23.1 Å². The summed E-state index contributed by atoms with van der Waals surface area (Å²) in [5, 5.41) is 13.4. The van der Waals surface area contributed by atoms with Crippen molar-refractivity contribution in [3.8, 4) is 6.07 Å². The van der Waals surface area contributed by atoms with Crippen LogP contribution in [0.25, 0.3) is 0 Å². The first kappa shape index (κ1) is 16.2. The van der Waals surface area contributed by atoms with Crippen molar-refractivity contribution in [2.45, 2.75) is 31.2 Å². The molecule has 106 valence electrons. The van der Waals surface area contributed by atoms with Gasteiger partial charge in [0.05, 0.1) is 10.6 Å². The third kappa shape index (κ3) is 4.30. The quantitative estimate of drug-likeness (QED) is 0.598. The minimum absolute atomic E-state index is 0.573. The Hall–Kier alpha value is -0.900. The van der Waals surface area contributed by atoms with Crippen LogP contribution in [0.2, 0.25) is 0 Å². The van der Waals surface area contributed by atoms with E-state index in [0.717, 1.165) is 29.4 Å². The summed E-state index contributed by atoms with van der Waals surface area (Å²) < 4.78 is 0. The first-order valence-corrected chi connectivity index (χ1v) is 8.35. The topological polar surface area (TPSA) is 65.1 Å². The maximum absolute atomic E-state index is 8.99. The van der Waals surface area contributed by atoms with E-state index in [0.29, 0.717) is 16.6 Å². The van der Waals surface area contributed by atoms with Crippen LogP contribution in [0, 0.1) is 11.3 Å². The van der Waals surface area contributed by atoms with Crippen molar-refractivity contribution >= 4 is 33.8 Å². The molecule has 0 aliphatic rings. The van der Waals surface area contributed by atoms with E-state index in [-0.39, 0.29) is 0 Å². The van der Waals surface area contributed by atoms with E-state index in [1.54, 1.807) is 11.8 Å². The summed E-state index contributed by atoms with van der Waals surface area (Å²) in [5.74, 6) is 0. The number of nitrogen functional groups attached to an aromatic ring is 1. The SMILES string of the molecule is CSc1c(NCCCN(C)C(C)C)sc(C#N)c1N. The molecule has 0 atom stereocenters. The zero-order chi connectivity index (χ0) is 14.4. The molecule has 1 aromatic heterocycles. The molecular weight excluding hydrogens is 276 g/mol. The summed E-state index contributed by atoms with van der Waals surface area (Å²) in [6, 6.07) is 2.72. The van der Waals surface area contributed by atoms with Crippen molar-refractivity contribution in [3.63, 3.8) is 0 Å². The molecule has 1 aromatic rings. The minimum atomic E-state index is 0.573. The number of nitrogens with one attached hydrogen (secondary N) is 1. The maximum atomic E-state index is 8.99. The highest BCUT2D eigenvalue weighted by Crippen LogP contribution is 2.41. The number of thiophene rings is 1. The molecule has 0 spiro atoms. The molecule has 0 radical (unpaired) electrons. The van der Waals surface area contributed by atoms with E-state index in [1.165, 1.54) is 11.3 Å². The van der Waals surface area contributed by atoms with Gasteiger partial charge in [-0.1, -0.05) is 0 Å². The van der Waals surface area contributed by atoms with Crippen LogP contribution in [0.15, 0.2) is 4.90 Å². The largest absolute Gasteiger partial charge is 0.396 e. The van der Waals surface area contributed by atoms with Crippen LogP contribution >= 0.6 is 23.1 Å². The van der Waals surface area contributed by atoms with Crippen LogP contribution in [-0.4, -0.2) is 37.3 Å². The number of thioether (sulfide) groups is 1. The molecule has 1 heterocycles. The van der Waals surface area contributed by atoms with Gasteiger partial charge >= 0.3 is 0 Å². The van der Waals surface area contributed by atoms with Crippen LogP contribution in [0.4, 0.5) is 10.7 Å². The third-order valence-corrected chi connectivity index (χ3v) is 5.09. The predicted octanol–water partition coefficient (Wildman–Crippen LogP) is 3.07. The Morgan fingerprint density at radius 1 is 1.53 bits per heavy atom. The first-order chi connectivity index (χ1) is 9.01. The summed E-state index contributed by atoms with van der Waals surface area (Å²) in [7, 11) is 2.13. The zero-order valence-corrected chi connectivity index (χ0v) is 13.6. The van der Waals surface area contributed by atoms with Crippen molar-refractivity contribution in [2.75, 3.05) is 37.4 Å².